The minimum Gasteiger partial charge on any atom is -1.00 e. The summed E-state index contributed by atoms with van der Waals surface area (Å²) in [5, 5.41) is 0. The predicted molar refractivity (Wildman–Crippen MR) is 127 cm³/mol. The number of quaternary nitrogens is 1. The second-order valence-electron chi connectivity index (χ2n) is 9.59. The van der Waals surface area contributed by atoms with E-state index in [2.05, 4.69) is 27.6 Å². The van der Waals surface area contributed by atoms with Gasteiger partial charge < -0.3 is 21.7 Å². The molecule has 0 saturated heterocycles. The molecule has 0 bridgehead atoms. The lowest BCUT2D eigenvalue weighted by molar-refractivity contribution is -0.932. The first kappa shape index (κ1) is 31.8. The summed E-state index contributed by atoms with van der Waals surface area (Å²) in [5.41, 5.74) is 0.472. The summed E-state index contributed by atoms with van der Waals surface area (Å²) < 4.78 is 6.21. The number of halogens is 1. The van der Waals surface area contributed by atoms with E-state index >= 15 is 0 Å². The first-order chi connectivity index (χ1) is 13.8. The highest BCUT2D eigenvalue weighted by molar-refractivity contribution is 5.86. The van der Waals surface area contributed by atoms with Gasteiger partial charge >= 0.3 is 5.97 Å². The molecule has 0 aromatic carbocycles. The number of carbonyl (C=O) groups is 1. The van der Waals surface area contributed by atoms with Crippen LogP contribution in [-0.4, -0.2) is 37.3 Å². The summed E-state index contributed by atoms with van der Waals surface area (Å²) in [5.74, 6) is -0.282. The molecule has 0 aliphatic carbocycles. The SMILES string of the molecule is C=C(C)C(=O)OC(C)[N+](C)(C)CCCCCCCCCCCCCCCCCC.[Br-]. The number of nitrogens with zero attached hydrogens (tertiary/aromatic N) is 1. The Morgan fingerprint density at radius 2 is 1.10 bits per heavy atom. The van der Waals surface area contributed by atoms with E-state index in [0.717, 1.165) is 11.0 Å². The number of esters is 1. The van der Waals surface area contributed by atoms with Crippen LogP contribution in [0.1, 0.15) is 124 Å². The molecule has 1 unspecified atom stereocenters. The fraction of sp³-hybridized carbons (Fsp3) is 0.885. The molecular formula is C26H52BrNO2. The van der Waals surface area contributed by atoms with Crippen LogP contribution in [0.25, 0.3) is 0 Å². The number of carbonyl (C=O) groups excluding carboxylic acids is 1. The maximum absolute atomic E-state index is 11.7. The molecule has 0 radical (unpaired) electrons. The summed E-state index contributed by atoms with van der Waals surface area (Å²) >= 11 is 0. The van der Waals surface area contributed by atoms with E-state index in [1.807, 2.05) is 6.92 Å². The lowest BCUT2D eigenvalue weighted by Crippen LogP contribution is -3.00. The quantitative estimate of drug-likeness (QED) is 0.0806. The number of hydrogen-bond acceptors (Lipinski definition) is 2. The second-order valence-corrected chi connectivity index (χ2v) is 9.59. The third-order valence-corrected chi connectivity index (χ3v) is 6.20. The minimum atomic E-state index is -0.282. The highest BCUT2D eigenvalue weighted by atomic mass is 79.9. The van der Waals surface area contributed by atoms with Crippen LogP contribution in [0.15, 0.2) is 12.2 Å². The number of hydrogen-bond donors (Lipinski definition) is 0. The van der Waals surface area contributed by atoms with Crippen LogP contribution in [0.4, 0.5) is 0 Å². The standard InChI is InChI=1S/C26H52NO2.BrH/c1-7-8-9-10-11-12-13-14-15-16-17-18-19-20-21-22-23-27(5,6)25(4)29-26(28)24(2)3;/h25H,2,7-23H2,1,3-6H3;1H/q+1;/p-1. The number of ether oxygens (including phenoxy) is 1. The Balaban J connectivity index is 0. The van der Waals surface area contributed by atoms with E-state index in [1.165, 1.54) is 103 Å². The molecule has 0 aliphatic heterocycles. The molecule has 1 atom stereocenters. The molecule has 180 valence electrons. The molecule has 0 rings (SSSR count). The Kier molecular flexibility index (Phi) is 21.8. The van der Waals surface area contributed by atoms with Gasteiger partial charge in [-0.25, -0.2) is 4.79 Å². The van der Waals surface area contributed by atoms with E-state index in [9.17, 15) is 4.79 Å². The third kappa shape index (κ3) is 18.4. The predicted octanol–water partition coefficient (Wildman–Crippen LogP) is 4.79. The van der Waals surface area contributed by atoms with Crippen molar-refractivity contribution in [2.45, 2.75) is 130 Å². The fourth-order valence-corrected chi connectivity index (χ4v) is 3.65. The maximum atomic E-state index is 11.7. The highest BCUT2D eigenvalue weighted by Gasteiger charge is 2.26. The van der Waals surface area contributed by atoms with Crippen LogP contribution in [0, 0.1) is 0 Å². The van der Waals surface area contributed by atoms with Gasteiger partial charge in [-0.1, -0.05) is 103 Å². The molecule has 0 fully saturated rings. The first-order valence-corrected chi connectivity index (χ1v) is 12.5. The molecule has 0 aliphatic rings. The Bertz CT molecular complexity index is 423. The number of rotatable bonds is 20. The number of unbranched alkanes of at least 4 members (excludes halogenated alkanes) is 15. The zero-order valence-corrected chi connectivity index (χ0v) is 22.5. The normalized spacial score (nSPS) is 12.3. The van der Waals surface area contributed by atoms with Gasteiger partial charge in [0.05, 0.1) is 20.6 Å². The van der Waals surface area contributed by atoms with Crippen molar-refractivity contribution in [1.82, 2.24) is 0 Å². The van der Waals surface area contributed by atoms with Crippen molar-refractivity contribution in [3.05, 3.63) is 12.2 Å². The molecule has 30 heavy (non-hydrogen) atoms. The van der Waals surface area contributed by atoms with Gasteiger partial charge in [0.15, 0.2) is 0 Å². The summed E-state index contributed by atoms with van der Waals surface area (Å²) in [6, 6.07) is 0. The highest BCUT2D eigenvalue weighted by Crippen LogP contribution is 2.16. The lowest BCUT2D eigenvalue weighted by atomic mass is 10.0. The lowest BCUT2D eigenvalue weighted by Gasteiger charge is -2.35. The topological polar surface area (TPSA) is 26.3 Å². The summed E-state index contributed by atoms with van der Waals surface area (Å²) in [6.45, 7) is 10.7. The largest absolute Gasteiger partial charge is 1.00 e. The summed E-state index contributed by atoms with van der Waals surface area (Å²) in [6.07, 6.45) is 22.1. The van der Waals surface area contributed by atoms with Gasteiger partial charge in [0.25, 0.3) is 0 Å². The van der Waals surface area contributed by atoms with Gasteiger partial charge in [-0.2, -0.15) is 0 Å². The van der Waals surface area contributed by atoms with Crippen LogP contribution in [0.5, 0.6) is 0 Å². The third-order valence-electron chi connectivity index (χ3n) is 6.20. The fourth-order valence-electron chi connectivity index (χ4n) is 3.65. The average molecular weight is 491 g/mol. The van der Waals surface area contributed by atoms with Crippen LogP contribution in [0.2, 0.25) is 0 Å². The molecule has 4 heteroatoms. The molecule has 0 N–H and O–H groups in total. The van der Waals surface area contributed by atoms with Gasteiger partial charge in [-0.15, -0.1) is 0 Å². The van der Waals surface area contributed by atoms with Crippen LogP contribution in [-0.2, 0) is 9.53 Å². The van der Waals surface area contributed by atoms with Crippen molar-refractivity contribution < 1.29 is 31.0 Å². The molecule has 0 aromatic rings. The van der Waals surface area contributed by atoms with Crippen molar-refractivity contribution >= 4 is 5.97 Å². The van der Waals surface area contributed by atoms with Gasteiger partial charge in [-0.3, -0.25) is 4.48 Å². The zero-order valence-electron chi connectivity index (χ0n) is 20.9. The summed E-state index contributed by atoms with van der Waals surface area (Å²) in [4.78, 5) is 11.7. The van der Waals surface area contributed by atoms with E-state index in [-0.39, 0.29) is 29.2 Å². The van der Waals surface area contributed by atoms with E-state index in [4.69, 9.17) is 4.74 Å². The monoisotopic (exact) mass is 489 g/mol. The van der Waals surface area contributed by atoms with Gasteiger partial charge in [0.2, 0.25) is 6.23 Å². The molecular weight excluding hydrogens is 438 g/mol. The van der Waals surface area contributed by atoms with E-state index < -0.39 is 0 Å². The summed E-state index contributed by atoms with van der Waals surface area (Å²) in [7, 11) is 4.28. The second kappa shape index (κ2) is 20.5. The molecule has 0 saturated carbocycles. The van der Waals surface area contributed by atoms with Crippen molar-refractivity contribution in [1.29, 1.82) is 0 Å². The van der Waals surface area contributed by atoms with Crippen molar-refractivity contribution in [3.8, 4) is 0 Å². The Morgan fingerprint density at radius 3 is 1.43 bits per heavy atom. The van der Waals surface area contributed by atoms with Gasteiger partial charge in [0, 0.05) is 12.5 Å². The molecule has 3 nitrogen and oxygen atoms in total. The minimum absolute atomic E-state index is 0. The Hall–Kier alpha value is -0.350. The smallest absolute Gasteiger partial charge is 0.337 e. The molecule has 0 amide bonds. The van der Waals surface area contributed by atoms with Gasteiger partial charge in [-0.05, 0) is 19.8 Å². The maximum Gasteiger partial charge on any atom is 0.337 e. The molecule has 0 heterocycles. The Labute approximate surface area is 199 Å². The van der Waals surface area contributed by atoms with Crippen molar-refractivity contribution in [2.24, 2.45) is 0 Å². The van der Waals surface area contributed by atoms with Crippen LogP contribution >= 0.6 is 0 Å². The van der Waals surface area contributed by atoms with Crippen molar-refractivity contribution in [3.63, 3.8) is 0 Å². The van der Waals surface area contributed by atoms with E-state index in [0.29, 0.717) is 5.57 Å². The van der Waals surface area contributed by atoms with Crippen LogP contribution < -0.4 is 17.0 Å². The Morgan fingerprint density at radius 1 is 0.767 bits per heavy atom. The van der Waals surface area contributed by atoms with Gasteiger partial charge in [0.1, 0.15) is 0 Å². The average Bonchev–Trinajstić information content (AvgIpc) is 2.67. The van der Waals surface area contributed by atoms with Crippen molar-refractivity contribution in [2.75, 3.05) is 20.6 Å². The van der Waals surface area contributed by atoms with E-state index in [1.54, 1.807) is 6.92 Å². The zero-order chi connectivity index (χ0) is 22.0. The van der Waals surface area contributed by atoms with Crippen LogP contribution in [0.3, 0.4) is 0 Å². The first-order valence-electron chi connectivity index (χ1n) is 12.5. The molecule has 0 aromatic heterocycles. The molecule has 0 spiro atoms.